The molecule has 0 radical (unpaired) electrons. The highest BCUT2D eigenvalue weighted by Crippen LogP contribution is 2.33. The van der Waals surface area contributed by atoms with Crippen LogP contribution in [-0.2, 0) is 6.54 Å². The number of aldehydes is 1. The molecular formula is C21H19N3O2. The second-order valence-corrected chi connectivity index (χ2v) is 6.53. The zero-order valence-electron chi connectivity index (χ0n) is 15.0. The number of nitrogens with zero attached hydrogens (tertiary/aromatic N) is 3. The Labute approximate surface area is 150 Å². The Hall–Kier alpha value is -3.21. The fourth-order valence-corrected chi connectivity index (χ4v) is 3.56. The van der Waals surface area contributed by atoms with Gasteiger partial charge in [0.05, 0.1) is 28.0 Å². The first-order chi connectivity index (χ1) is 12.6. The van der Waals surface area contributed by atoms with Crippen molar-refractivity contribution in [3.63, 3.8) is 0 Å². The summed E-state index contributed by atoms with van der Waals surface area (Å²) in [5.74, 6) is 0. The Morgan fingerprint density at radius 3 is 2.50 bits per heavy atom. The third-order valence-electron chi connectivity index (χ3n) is 4.85. The number of hydrogen-bond acceptors (Lipinski definition) is 4. The van der Waals surface area contributed by atoms with Crippen molar-refractivity contribution in [2.75, 3.05) is 19.0 Å². The molecule has 2 aromatic carbocycles. The number of hydrogen-bond donors (Lipinski definition) is 0. The Morgan fingerprint density at radius 2 is 1.85 bits per heavy atom. The van der Waals surface area contributed by atoms with E-state index in [2.05, 4.69) is 0 Å². The van der Waals surface area contributed by atoms with Gasteiger partial charge >= 0.3 is 0 Å². The summed E-state index contributed by atoms with van der Waals surface area (Å²) in [6.07, 6.45) is 0.659. The lowest BCUT2D eigenvalue weighted by atomic mass is 9.98. The lowest BCUT2D eigenvalue weighted by Crippen LogP contribution is -2.18. The molecule has 1 heterocycles. The highest BCUT2D eigenvalue weighted by molar-refractivity contribution is 6.04. The minimum Gasteiger partial charge on any atom is -0.378 e. The minimum atomic E-state index is -0.241. The van der Waals surface area contributed by atoms with E-state index < -0.39 is 0 Å². The smallest absolute Gasteiger partial charge is 0.199 e. The van der Waals surface area contributed by atoms with Crippen molar-refractivity contribution in [1.29, 1.82) is 0 Å². The number of carbonyl (C=O) groups is 1. The van der Waals surface area contributed by atoms with Gasteiger partial charge in [0.1, 0.15) is 0 Å². The number of aryl methyl sites for hydroxylation is 1. The topological polar surface area (TPSA) is 55.2 Å². The van der Waals surface area contributed by atoms with Crippen LogP contribution in [0.5, 0.6) is 0 Å². The molecule has 2 aromatic rings. The molecule has 0 N–H and O–H groups in total. The summed E-state index contributed by atoms with van der Waals surface area (Å²) in [5.41, 5.74) is 4.01. The van der Waals surface area contributed by atoms with Gasteiger partial charge in [-0.15, -0.1) is 0 Å². The molecule has 0 saturated carbocycles. The van der Waals surface area contributed by atoms with Crippen LogP contribution in [0, 0.1) is 0 Å². The molecule has 5 nitrogen and oxygen atoms in total. The Balaban J connectivity index is 2.30. The number of anilines is 1. The fourth-order valence-electron chi connectivity index (χ4n) is 3.56. The molecule has 4 rings (SSSR count). The van der Waals surface area contributed by atoms with E-state index >= 15 is 0 Å². The Kier molecular flexibility index (Phi) is 3.72. The quantitative estimate of drug-likeness (QED) is 0.324. The van der Waals surface area contributed by atoms with Crippen molar-refractivity contribution >= 4 is 33.8 Å². The monoisotopic (exact) mass is 345 g/mol. The molecule has 1 aliphatic carbocycles. The molecule has 0 unspecified atom stereocenters. The summed E-state index contributed by atoms with van der Waals surface area (Å²) in [6.45, 7) is 2.64. The lowest BCUT2D eigenvalue weighted by Gasteiger charge is -2.21. The molecule has 0 amide bonds. The highest BCUT2D eigenvalue weighted by Gasteiger charge is 2.22. The third-order valence-corrected chi connectivity index (χ3v) is 4.85. The van der Waals surface area contributed by atoms with Crippen LogP contribution in [0.2, 0.25) is 0 Å². The van der Waals surface area contributed by atoms with Gasteiger partial charge in [-0.05, 0) is 25.1 Å². The van der Waals surface area contributed by atoms with E-state index in [9.17, 15) is 9.59 Å². The van der Waals surface area contributed by atoms with Crippen LogP contribution >= 0.6 is 0 Å². The van der Waals surface area contributed by atoms with Crippen molar-refractivity contribution < 1.29 is 4.79 Å². The molecule has 26 heavy (non-hydrogen) atoms. The average molecular weight is 345 g/mol. The van der Waals surface area contributed by atoms with E-state index in [1.165, 1.54) is 0 Å². The molecule has 1 aliphatic heterocycles. The van der Waals surface area contributed by atoms with E-state index in [0.717, 1.165) is 22.1 Å². The van der Waals surface area contributed by atoms with Crippen molar-refractivity contribution in [3.8, 4) is 11.4 Å². The second-order valence-electron chi connectivity index (χ2n) is 6.53. The fraction of sp³-hybridized carbons (Fsp3) is 0.190. The predicted molar refractivity (Wildman–Crippen MR) is 106 cm³/mol. The SMILES string of the molecule is CCn1c2c(C=O)c(=O)c3ccccc3c-2nc2ccc(N(C)C)cc21. The van der Waals surface area contributed by atoms with Gasteiger partial charge in [-0.25, -0.2) is 4.98 Å². The largest absolute Gasteiger partial charge is 0.378 e. The van der Waals surface area contributed by atoms with Crippen molar-refractivity contribution in [1.82, 2.24) is 9.55 Å². The van der Waals surface area contributed by atoms with Crippen LogP contribution in [0.15, 0.2) is 47.3 Å². The number of carbonyl (C=O) groups excluding carboxylic acids is 1. The molecule has 5 heteroatoms. The first kappa shape index (κ1) is 16.3. The van der Waals surface area contributed by atoms with Gasteiger partial charge in [0, 0.05) is 37.1 Å². The molecule has 0 fully saturated rings. The standard InChI is InChI=1S/C21H19N3O2/c1-4-24-18-11-13(23(2)3)9-10-17(18)22-19-14-7-5-6-8-15(14)21(26)16(12-25)20(19)24/h5-12H,4H2,1-3H3. The van der Waals surface area contributed by atoms with E-state index in [-0.39, 0.29) is 11.0 Å². The maximum Gasteiger partial charge on any atom is 0.199 e. The highest BCUT2D eigenvalue weighted by atomic mass is 16.1. The van der Waals surface area contributed by atoms with E-state index in [1.54, 1.807) is 6.07 Å². The normalized spacial score (nSPS) is 11.3. The Bertz CT molecular complexity index is 1190. The average Bonchev–Trinajstić information content (AvgIpc) is 2.66. The molecule has 0 saturated heterocycles. The first-order valence-electron chi connectivity index (χ1n) is 8.58. The van der Waals surface area contributed by atoms with Crippen molar-refractivity contribution in [2.45, 2.75) is 13.5 Å². The summed E-state index contributed by atoms with van der Waals surface area (Å²) in [4.78, 5) is 31.5. The summed E-state index contributed by atoms with van der Waals surface area (Å²) >= 11 is 0. The van der Waals surface area contributed by atoms with Crippen LogP contribution in [0.25, 0.3) is 33.2 Å². The van der Waals surface area contributed by atoms with E-state index in [1.807, 2.05) is 66.9 Å². The predicted octanol–water partition coefficient (Wildman–Crippen LogP) is 3.55. The summed E-state index contributed by atoms with van der Waals surface area (Å²) in [6, 6.07) is 13.4. The first-order valence-corrected chi connectivity index (χ1v) is 8.58. The summed E-state index contributed by atoms with van der Waals surface area (Å²) in [7, 11) is 3.96. The van der Waals surface area contributed by atoms with Crippen molar-refractivity contribution in [3.05, 3.63) is 58.3 Å². The number of aromatic nitrogens is 2. The zero-order chi connectivity index (χ0) is 18.4. The minimum absolute atomic E-state index is 0.171. The van der Waals surface area contributed by atoms with E-state index in [4.69, 9.17) is 4.98 Å². The van der Waals surface area contributed by atoms with Crippen molar-refractivity contribution in [2.24, 2.45) is 0 Å². The number of benzene rings is 3. The van der Waals surface area contributed by atoms with Gasteiger partial charge in [-0.2, -0.15) is 0 Å². The molecule has 0 atom stereocenters. The Morgan fingerprint density at radius 1 is 1.12 bits per heavy atom. The van der Waals surface area contributed by atoms with Crippen LogP contribution in [0.3, 0.4) is 0 Å². The number of rotatable bonds is 3. The van der Waals surface area contributed by atoms with Gasteiger partial charge in [0.2, 0.25) is 0 Å². The molecule has 130 valence electrons. The van der Waals surface area contributed by atoms with Gasteiger partial charge in [0.15, 0.2) is 11.7 Å². The van der Waals surface area contributed by atoms with Crippen LogP contribution in [-0.4, -0.2) is 29.9 Å². The molecule has 0 spiro atoms. The zero-order valence-corrected chi connectivity index (χ0v) is 15.0. The summed E-state index contributed by atoms with van der Waals surface area (Å²) < 4.78 is 2.02. The molecule has 0 bridgehead atoms. The lowest BCUT2D eigenvalue weighted by molar-refractivity contribution is 0.112. The second kappa shape index (κ2) is 5.95. The van der Waals surface area contributed by atoms with Gasteiger partial charge in [-0.1, -0.05) is 24.3 Å². The van der Waals surface area contributed by atoms with Gasteiger partial charge in [-0.3, -0.25) is 9.59 Å². The van der Waals surface area contributed by atoms with Gasteiger partial charge in [0.25, 0.3) is 0 Å². The summed E-state index contributed by atoms with van der Waals surface area (Å²) in [5, 5.41) is 1.31. The van der Waals surface area contributed by atoms with Crippen LogP contribution in [0.1, 0.15) is 17.3 Å². The molecule has 0 aromatic heterocycles. The van der Waals surface area contributed by atoms with Gasteiger partial charge < -0.3 is 9.47 Å². The molecular weight excluding hydrogens is 326 g/mol. The maximum absolute atomic E-state index is 12.9. The third kappa shape index (κ3) is 2.20. The molecule has 2 aliphatic rings. The van der Waals surface area contributed by atoms with E-state index in [0.29, 0.717) is 29.6 Å². The number of fused-ring (bicyclic) bond motifs is 4. The van der Waals surface area contributed by atoms with Crippen LogP contribution in [0.4, 0.5) is 5.69 Å². The van der Waals surface area contributed by atoms with Crippen LogP contribution < -0.4 is 10.3 Å². The maximum atomic E-state index is 12.9.